The van der Waals surface area contributed by atoms with Crippen molar-refractivity contribution in [2.45, 2.75) is 104 Å². The van der Waals surface area contributed by atoms with Gasteiger partial charge in [0.2, 0.25) is 0 Å². The second-order valence-corrected chi connectivity index (χ2v) is 24.9. The Balaban J connectivity index is 0.841. The van der Waals surface area contributed by atoms with E-state index in [1.165, 1.54) is 127 Å². The number of thiophene rings is 7. The molecule has 0 atom stereocenters. The summed E-state index contributed by atoms with van der Waals surface area (Å²) in [5, 5.41) is 3.16. The van der Waals surface area contributed by atoms with Crippen LogP contribution in [0.15, 0.2) is 82.4 Å². The molecule has 0 saturated carbocycles. The lowest BCUT2D eigenvalue weighted by atomic mass is 10.0. The standard InChI is InChI=1S/C52H46N4O2S7/c1-3-5-7-9-11-13-15-29-17-21-35(59-29)37-23-25-39(61-37)41-27-33-49(63-41)53-47-31-19-20-32-44-43(31)46(52(58)55(33)47)65-45(44)48-54-50-34(56(48)51(32)57)28-42(64-50)40-26-24-38(62-40)36-22-18-30(60-36)16-14-12-10-8-6-4-2/h17-28H,3-16H2,1-2H3. The van der Waals surface area contributed by atoms with Gasteiger partial charge in [-0.15, -0.1) is 79.4 Å². The second-order valence-electron chi connectivity index (χ2n) is 17.3. The van der Waals surface area contributed by atoms with E-state index in [0.29, 0.717) is 21.4 Å². The number of unbranched alkanes of at least 4 members (excludes halogenated alkanes) is 10. The van der Waals surface area contributed by atoms with Crippen molar-refractivity contribution in [1.82, 2.24) is 18.8 Å². The minimum Gasteiger partial charge on any atom is -0.268 e. The zero-order valence-corrected chi connectivity index (χ0v) is 42.0. The molecule has 0 spiro atoms. The average Bonchev–Trinajstić information content (AvgIpc) is 4.15. The molecule has 0 aliphatic heterocycles. The van der Waals surface area contributed by atoms with Gasteiger partial charge in [-0.3, -0.25) is 18.4 Å². The van der Waals surface area contributed by atoms with Crippen molar-refractivity contribution >= 4 is 142 Å². The third kappa shape index (κ3) is 7.32. The van der Waals surface area contributed by atoms with Crippen LogP contribution in [0.1, 0.15) is 101 Å². The molecule has 0 saturated heterocycles. The highest BCUT2D eigenvalue weighted by atomic mass is 32.1. The molecule has 1 aromatic carbocycles. The zero-order valence-electron chi connectivity index (χ0n) is 36.3. The first-order valence-electron chi connectivity index (χ1n) is 23.1. The number of hydrogen-bond acceptors (Lipinski definition) is 11. The number of nitrogens with zero attached hydrogens (tertiary/aromatic N) is 4. The first-order chi connectivity index (χ1) is 31.9. The number of imidazole rings is 2. The van der Waals surface area contributed by atoms with Gasteiger partial charge in [0.05, 0.1) is 15.7 Å². The predicted octanol–water partition coefficient (Wildman–Crippen LogP) is 17.2. The average molecular weight is 983 g/mol. The molecular formula is C52H46N4O2S7. The van der Waals surface area contributed by atoms with Crippen LogP contribution in [0, 0.1) is 0 Å². The topological polar surface area (TPSA) is 68.7 Å². The maximum atomic E-state index is 14.7. The fourth-order valence-electron chi connectivity index (χ4n) is 9.56. The number of aryl methyl sites for hydroxylation is 2. The van der Waals surface area contributed by atoms with Gasteiger partial charge in [0, 0.05) is 70.3 Å². The summed E-state index contributed by atoms with van der Waals surface area (Å²) in [6, 6.07) is 26.2. The van der Waals surface area contributed by atoms with E-state index in [1.54, 1.807) is 42.8 Å². The van der Waals surface area contributed by atoms with E-state index < -0.39 is 0 Å². The van der Waals surface area contributed by atoms with Crippen molar-refractivity contribution in [3.05, 3.63) is 103 Å². The molecule has 0 radical (unpaired) electrons. The van der Waals surface area contributed by atoms with Gasteiger partial charge in [-0.25, -0.2) is 9.97 Å². The van der Waals surface area contributed by atoms with Crippen LogP contribution < -0.4 is 11.1 Å². The number of aromatic nitrogens is 4. The predicted molar refractivity (Wildman–Crippen MR) is 287 cm³/mol. The summed E-state index contributed by atoms with van der Waals surface area (Å²) in [6.07, 6.45) is 18.1. The lowest BCUT2D eigenvalue weighted by Gasteiger charge is -2.04. The van der Waals surface area contributed by atoms with Crippen LogP contribution in [0.2, 0.25) is 0 Å². The summed E-state index contributed by atoms with van der Waals surface area (Å²) in [5.41, 5.74) is 2.74. The fourth-order valence-corrected chi connectivity index (χ4v) is 17.3. The molecule has 12 rings (SSSR count). The van der Waals surface area contributed by atoms with Gasteiger partial charge in [0.15, 0.2) is 5.65 Å². The van der Waals surface area contributed by atoms with Crippen LogP contribution in [-0.2, 0) is 12.8 Å². The maximum absolute atomic E-state index is 14.7. The maximum Gasteiger partial charge on any atom is 0.274 e. The van der Waals surface area contributed by atoms with Gasteiger partial charge >= 0.3 is 0 Å². The number of rotatable bonds is 18. The number of benzene rings is 1. The fraction of sp³-hybridized carbons (Fsp3) is 0.308. The largest absolute Gasteiger partial charge is 0.274 e. The Labute approximate surface area is 403 Å². The molecular weight excluding hydrogens is 937 g/mol. The van der Waals surface area contributed by atoms with Crippen LogP contribution >= 0.6 is 79.4 Å². The van der Waals surface area contributed by atoms with Crippen molar-refractivity contribution in [3.8, 4) is 39.0 Å². The van der Waals surface area contributed by atoms with Crippen molar-refractivity contribution in [1.29, 1.82) is 0 Å². The van der Waals surface area contributed by atoms with Gasteiger partial charge in [-0.2, -0.15) is 0 Å². The summed E-state index contributed by atoms with van der Waals surface area (Å²) in [7, 11) is 0. The van der Waals surface area contributed by atoms with Crippen molar-refractivity contribution in [2.24, 2.45) is 0 Å². The SMILES string of the molecule is CCCCCCCCc1ccc(-c2ccc(-c3cc4c(nc5c6ccc7c(=O)n8c9cc(-c%10ccc(-c%11ccc(CCCCCCCC)s%11)s%10)sc9nc8c8sc(c(=O)n45)c6c78)s3)s2)s1. The van der Waals surface area contributed by atoms with Crippen molar-refractivity contribution in [3.63, 3.8) is 0 Å². The van der Waals surface area contributed by atoms with Gasteiger partial charge in [0.1, 0.15) is 20.0 Å². The third-order valence-electron chi connectivity index (χ3n) is 12.9. The lowest BCUT2D eigenvalue weighted by Crippen LogP contribution is -2.13. The van der Waals surface area contributed by atoms with E-state index in [0.717, 1.165) is 64.1 Å². The molecule has 0 bridgehead atoms. The lowest BCUT2D eigenvalue weighted by molar-refractivity contribution is 0.609. The number of fused-ring (bicyclic) bond motifs is 8. The molecule has 0 fully saturated rings. The minimum atomic E-state index is -0.0996. The van der Waals surface area contributed by atoms with Crippen LogP contribution in [0.5, 0.6) is 0 Å². The Morgan fingerprint density at radius 3 is 1.43 bits per heavy atom. The van der Waals surface area contributed by atoms with Crippen LogP contribution in [-0.4, -0.2) is 18.8 Å². The van der Waals surface area contributed by atoms with E-state index in [2.05, 4.69) is 74.5 Å². The molecule has 12 aromatic rings. The molecule has 65 heavy (non-hydrogen) atoms. The van der Waals surface area contributed by atoms with E-state index >= 15 is 0 Å². The summed E-state index contributed by atoms with van der Waals surface area (Å²) in [5.74, 6) is 0. The first kappa shape index (κ1) is 42.0. The Hall–Kier alpha value is -4.34. The second kappa shape index (κ2) is 17.4. The summed E-state index contributed by atoms with van der Waals surface area (Å²) < 4.78 is 5.09. The Kier molecular flexibility index (Phi) is 11.2. The van der Waals surface area contributed by atoms with Gasteiger partial charge in [-0.05, 0) is 98.5 Å². The highest BCUT2D eigenvalue weighted by Crippen LogP contribution is 2.47. The minimum absolute atomic E-state index is 0.0913. The van der Waals surface area contributed by atoms with Gasteiger partial charge in [-0.1, -0.05) is 78.1 Å². The van der Waals surface area contributed by atoms with Crippen molar-refractivity contribution in [2.75, 3.05) is 0 Å². The van der Waals surface area contributed by atoms with Crippen LogP contribution in [0.25, 0.3) is 102 Å². The summed E-state index contributed by atoms with van der Waals surface area (Å²) in [4.78, 5) is 53.8. The molecule has 328 valence electrons. The molecule has 11 aromatic heterocycles. The summed E-state index contributed by atoms with van der Waals surface area (Å²) >= 11 is 12.2. The van der Waals surface area contributed by atoms with Crippen LogP contribution in [0.4, 0.5) is 0 Å². The first-order valence-corrected chi connectivity index (χ1v) is 28.8. The van der Waals surface area contributed by atoms with E-state index in [-0.39, 0.29) is 11.1 Å². The molecule has 0 amide bonds. The highest BCUT2D eigenvalue weighted by Gasteiger charge is 2.27. The molecule has 6 nitrogen and oxygen atoms in total. The third-order valence-corrected chi connectivity index (χ3v) is 21.4. The van der Waals surface area contributed by atoms with Gasteiger partial charge in [0.25, 0.3) is 11.1 Å². The molecule has 0 N–H and O–H groups in total. The molecule has 0 unspecified atom stereocenters. The monoisotopic (exact) mass is 982 g/mol. The van der Waals surface area contributed by atoms with E-state index in [4.69, 9.17) is 9.97 Å². The molecule has 13 heteroatoms. The Morgan fingerprint density at radius 1 is 0.415 bits per heavy atom. The number of hydrogen-bond donors (Lipinski definition) is 0. The molecule has 0 aliphatic carbocycles. The molecule has 11 heterocycles. The number of pyridine rings is 2. The zero-order chi connectivity index (χ0) is 43.8. The molecule has 0 aliphatic rings. The van der Waals surface area contributed by atoms with Crippen LogP contribution in [0.3, 0.4) is 0 Å². The normalized spacial score (nSPS) is 12.5. The smallest absolute Gasteiger partial charge is 0.268 e. The van der Waals surface area contributed by atoms with E-state index in [9.17, 15) is 9.59 Å². The Morgan fingerprint density at radius 2 is 0.862 bits per heavy atom. The van der Waals surface area contributed by atoms with Crippen molar-refractivity contribution < 1.29 is 0 Å². The van der Waals surface area contributed by atoms with Gasteiger partial charge < -0.3 is 0 Å². The van der Waals surface area contributed by atoms with E-state index in [1.807, 2.05) is 46.1 Å². The quantitative estimate of drug-likeness (QED) is 0.0634. The Bertz CT molecular complexity index is 3790. The highest BCUT2D eigenvalue weighted by molar-refractivity contribution is 7.29. The summed E-state index contributed by atoms with van der Waals surface area (Å²) in [6.45, 7) is 4.54.